The molecule has 0 aromatic heterocycles. The zero-order valence-corrected chi connectivity index (χ0v) is 9.03. The standard InChI is InChI=1S/C11H13FO4/c1-6(11(14)15)3-8-9(12)4-7(16-2)5-10(8)13/h4-6,13H,3H2,1-2H3,(H,14,15). The van der Waals surface area contributed by atoms with Gasteiger partial charge >= 0.3 is 5.97 Å². The molecule has 0 amide bonds. The lowest BCUT2D eigenvalue weighted by atomic mass is 10.00. The Hall–Kier alpha value is -1.78. The van der Waals surface area contributed by atoms with Crippen molar-refractivity contribution in [3.8, 4) is 11.5 Å². The molecule has 0 aliphatic rings. The number of methoxy groups -OCH3 is 1. The number of ether oxygens (including phenoxy) is 1. The number of carbonyl (C=O) groups is 1. The summed E-state index contributed by atoms with van der Waals surface area (Å²) in [6.07, 6.45) is -0.0585. The van der Waals surface area contributed by atoms with Gasteiger partial charge in [-0.15, -0.1) is 0 Å². The lowest BCUT2D eigenvalue weighted by Gasteiger charge is -2.10. The third-order valence-electron chi connectivity index (χ3n) is 2.31. The van der Waals surface area contributed by atoms with Crippen molar-refractivity contribution in [1.82, 2.24) is 0 Å². The van der Waals surface area contributed by atoms with Crippen molar-refractivity contribution in [2.75, 3.05) is 7.11 Å². The first-order valence-corrected chi connectivity index (χ1v) is 4.74. The maximum absolute atomic E-state index is 13.5. The normalized spacial score (nSPS) is 12.2. The van der Waals surface area contributed by atoms with E-state index in [0.717, 1.165) is 6.07 Å². The van der Waals surface area contributed by atoms with E-state index in [9.17, 15) is 14.3 Å². The number of hydrogen-bond donors (Lipinski definition) is 2. The molecule has 0 spiro atoms. The van der Waals surface area contributed by atoms with E-state index in [-0.39, 0.29) is 23.5 Å². The molecule has 0 aliphatic carbocycles. The van der Waals surface area contributed by atoms with E-state index in [1.807, 2.05) is 0 Å². The highest BCUT2D eigenvalue weighted by Gasteiger charge is 2.18. The van der Waals surface area contributed by atoms with Crippen LogP contribution in [0, 0.1) is 11.7 Å². The lowest BCUT2D eigenvalue weighted by Crippen LogP contribution is -2.13. The summed E-state index contributed by atoms with van der Waals surface area (Å²) in [5, 5.41) is 18.2. The molecule has 0 radical (unpaired) electrons. The zero-order chi connectivity index (χ0) is 12.3. The molecule has 0 fully saturated rings. The molecule has 0 bridgehead atoms. The fourth-order valence-corrected chi connectivity index (χ4v) is 1.31. The highest BCUT2D eigenvalue weighted by Crippen LogP contribution is 2.28. The number of halogens is 1. The van der Waals surface area contributed by atoms with Crippen molar-refractivity contribution < 1.29 is 24.1 Å². The van der Waals surface area contributed by atoms with Crippen molar-refractivity contribution >= 4 is 5.97 Å². The van der Waals surface area contributed by atoms with Crippen LogP contribution in [0.2, 0.25) is 0 Å². The summed E-state index contributed by atoms with van der Waals surface area (Å²) in [6, 6.07) is 2.37. The number of phenolic OH excluding ortho intramolecular Hbond substituents is 1. The van der Waals surface area contributed by atoms with E-state index < -0.39 is 17.7 Å². The van der Waals surface area contributed by atoms with Gasteiger partial charge in [0.1, 0.15) is 17.3 Å². The Bertz CT molecular complexity index is 380. The summed E-state index contributed by atoms with van der Waals surface area (Å²) in [5.74, 6) is -2.54. The number of carboxylic acids is 1. The van der Waals surface area contributed by atoms with Crippen LogP contribution in [0.5, 0.6) is 11.5 Å². The summed E-state index contributed by atoms with van der Waals surface area (Å²) in [5.41, 5.74) is -0.00398. The molecule has 4 nitrogen and oxygen atoms in total. The molecule has 0 heterocycles. The number of phenols is 1. The summed E-state index contributed by atoms with van der Waals surface area (Å²) in [6.45, 7) is 1.45. The monoisotopic (exact) mass is 228 g/mol. The number of carboxylic acid groups (broad SMARTS) is 1. The van der Waals surface area contributed by atoms with Crippen molar-refractivity contribution in [1.29, 1.82) is 0 Å². The molecule has 1 unspecified atom stereocenters. The van der Waals surface area contributed by atoms with Crippen molar-refractivity contribution in [2.45, 2.75) is 13.3 Å². The molecule has 0 saturated heterocycles. The van der Waals surface area contributed by atoms with E-state index in [4.69, 9.17) is 9.84 Å². The molecule has 2 N–H and O–H groups in total. The van der Waals surface area contributed by atoms with Gasteiger partial charge in [-0.05, 0) is 6.42 Å². The van der Waals surface area contributed by atoms with Crippen molar-refractivity contribution in [2.24, 2.45) is 5.92 Å². The largest absolute Gasteiger partial charge is 0.507 e. The van der Waals surface area contributed by atoms with Gasteiger partial charge in [-0.1, -0.05) is 6.92 Å². The predicted molar refractivity (Wildman–Crippen MR) is 55.1 cm³/mol. The molecule has 1 aromatic rings. The van der Waals surface area contributed by atoms with Crippen LogP contribution in [0.25, 0.3) is 0 Å². The maximum atomic E-state index is 13.5. The second-order valence-electron chi connectivity index (χ2n) is 3.55. The highest BCUT2D eigenvalue weighted by atomic mass is 19.1. The van der Waals surface area contributed by atoms with Gasteiger partial charge in [-0.25, -0.2) is 4.39 Å². The van der Waals surface area contributed by atoms with Crippen LogP contribution in [0.15, 0.2) is 12.1 Å². The Morgan fingerprint density at radius 1 is 1.56 bits per heavy atom. The van der Waals surface area contributed by atoms with Gasteiger partial charge in [0.15, 0.2) is 0 Å². The number of hydrogen-bond acceptors (Lipinski definition) is 3. The highest BCUT2D eigenvalue weighted by molar-refractivity contribution is 5.70. The Labute approximate surface area is 92.3 Å². The second-order valence-corrected chi connectivity index (χ2v) is 3.55. The minimum atomic E-state index is -1.03. The van der Waals surface area contributed by atoms with Gasteiger partial charge in [-0.2, -0.15) is 0 Å². The van der Waals surface area contributed by atoms with Crippen LogP contribution >= 0.6 is 0 Å². The van der Waals surface area contributed by atoms with Gasteiger partial charge in [0.05, 0.1) is 13.0 Å². The maximum Gasteiger partial charge on any atom is 0.306 e. The third kappa shape index (κ3) is 2.62. The molecule has 1 rings (SSSR count). The van der Waals surface area contributed by atoms with Crippen LogP contribution in [-0.2, 0) is 11.2 Å². The summed E-state index contributed by atoms with van der Waals surface area (Å²) < 4.78 is 18.3. The molecule has 5 heteroatoms. The third-order valence-corrected chi connectivity index (χ3v) is 2.31. The molecule has 88 valence electrons. The number of aliphatic carboxylic acids is 1. The summed E-state index contributed by atoms with van der Waals surface area (Å²) >= 11 is 0. The van der Waals surface area contributed by atoms with Gasteiger partial charge in [0.25, 0.3) is 0 Å². The zero-order valence-electron chi connectivity index (χ0n) is 9.03. The summed E-state index contributed by atoms with van der Waals surface area (Å²) in [4.78, 5) is 10.6. The van der Waals surface area contributed by atoms with Crippen LogP contribution in [-0.4, -0.2) is 23.3 Å². The van der Waals surface area contributed by atoms with Gasteiger partial charge in [-0.3, -0.25) is 4.79 Å². The number of rotatable bonds is 4. The quantitative estimate of drug-likeness (QED) is 0.824. The fraction of sp³-hybridized carbons (Fsp3) is 0.364. The van der Waals surface area contributed by atoms with Crippen LogP contribution in [0.4, 0.5) is 4.39 Å². The Morgan fingerprint density at radius 3 is 2.62 bits per heavy atom. The number of aromatic hydroxyl groups is 1. The van der Waals surface area contributed by atoms with E-state index in [0.29, 0.717) is 0 Å². The topological polar surface area (TPSA) is 66.8 Å². The fourth-order valence-electron chi connectivity index (χ4n) is 1.31. The molecule has 1 aromatic carbocycles. The Balaban J connectivity index is 3.01. The van der Waals surface area contributed by atoms with Gasteiger partial charge in [0, 0.05) is 17.7 Å². The molecule has 0 saturated carbocycles. The average Bonchev–Trinajstić information content (AvgIpc) is 2.22. The van der Waals surface area contributed by atoms with E-state index in [1.165, 1.54) is 20.1 Å². The first-order valence-electron chi connectivity index (χ1n) is 4.74. The minimum Gasteiger partial charge on any atom is -0.507 e. The van der Waals surface area contributed by atoms with Crippen molar-refractivity contribution in [3.05, 3.63) is 23.5 Å². The molecule has 0 aliphatic heterocycles. The van der Waals surface area contributed by atoms with Gasteiger partial charge < -0.3 is 14.9 Å². The first kappa shape index (κ1) is 12.3. The van der Waals surface area contributed by atoms with E-state index in [1.54, 1.807) is 0 Å². The predicted octanol–water partition coefficient (Wildman–Crippen LogP) is 1.80. The van der Waals surface area contributed by atoms with Crippen LogP contribution in [0.3, 0.4) is 0 Å². The molecule has 16 heavy (non-hydrogen) atoms. The SMILES string of the molecule is COc1cc(O)c(CC(C)C(=O)O)c(F)c1. The van der Waals surface area contributed by atoms with Crippen molar-refractivity contribution in [3.63, 3.8) is 0 Å². The van der Waals surface area contributed by atoms with E-state index >= 15 is 0 Å². The minimum absolute atomic E-state index is 0.00398. The molecule has 1 atom stereocenters. The molecular weight excluding hydrogens is 215 g/mol. The lowest BCUT2D eigenvalue weighted by molar-refractivity contribution is -0.141. The first-order chi connectivity index (χ1) is 7.45. The smallest absolute Gasteiger partial charge is 0.306 e. The Morgan fingerprint density at radius 2 is 2.19 bits per heavy atom. The molecular formula is C11H13FO4. The summed E-state index contributed by atoms with van der Waals surface area (Å²) in [7, 11) is 1.35. The van der Waals surface area contributed by atoms with Crippen LogP contribution in [0.1, 0.15) is 12.5 Å². The van der Waals surface area contributed by atoms with E-state index in [2.05, 4.69) is 0 Å². The Kier molecular flexibility index (Phi) is 3.71. The second kappa shape index (κ2) is 4.83. The number of benzene rings is 1. The average molecular weight is 228 g/mol. The van der Waals surface area contributed by atoms with Crippen LogP contribution < -0.4 is 4.74 Å². The van der Waals surface area contributed by atoms with Gasteiger partial charge in [0.2, 0.25) is 0 Å².